The molecular weight excluding hydrogens is 296 g/mol. The van der Waals surface area contributed by atoms with Gasteiger partial charge in [-0.3, -0.25) is 9.48 Å². The summed E-state index contributed by atoms with van der Waals surface area (Å²) in [5, 5.41) is 5.21. The van der Waals surface area contributed by atoms with E-state index in [1.165, 1.54) is 0 Å². The summed E-state index contributed by atoms with van der Waals surface area (Å²) in [4.78, 5) is 25.2. The van der Waals surface area contributed by atoms with Crippen LogP contribution in [0.3, 0.4) is 0 Å². The van der Waals surface area contributed by atoms with Crippen LogP contribution in [0.15, 0.2) is 12.5 Å². The molecule has 2 aliphatic rings. The fraction of sp³-hybridized carbons (Fsp3) is 0.600. The normalized spacial score (nSPS) is 22.0. The second-order valence-corrected chi connectivity index (χ2v) is 6.02. The van der Waals surface area contributed by atoms with Crippen molar-refractivity contribution in [2.75, 3.05) is 37.7 Å². The fourth-order valence-corrected chi connectivity index (χ4v) is 3.32. The molecule has 2 saturated heterocycles. The van der Waals surface area contributed by atoms with Gasteiger partial charge < -0.3 is 14.5 Å². The zero-order valence-electron chi connectivity index (χ0n) is 13.2. The quantitative estimate of drug-likeness (QED) is 0.787. The minimum atomic E-state index is -0.231. The first-order valence-corrected chi connectivity index (χ1v) is 8.02. The zero-order chi connectivity index (χ0) is 15.8. The molecule has 4 rings (SSSR count). The number of aryl methyl sites for hydroxylation is 1. The van der Waals surface area contributed by atoms with Crippen LogP contribution in [0.4, 0.5) is 5.82 Å². The topological polar surface area (TPSA) is 76.4 Å². The Bertz CT molecular complexity index is 716. The fourth-order valence-electron chi connectivity index (χ4n) is 3.32. The van der Waals surface area contributed by atoms with Crippen molar-refractivity contribution in [1.82, 2.24) is 24.6 Å². The van der Waals surface area contributed by atoms with Gasteiger partial charge in [-0.05, 0) is 12.8 Å². The van der Waals surface area contributed by atoms with Crippen LogP contribution in [0.1, 0.15) is 12.8 Å². The van der Waals surface area contributed by atoms with Gasteiger partial charge in [0.15, 0.2) is 5.65 Å². The zero-order valence-corrected chi connectivity index (χ0v) is 13.2. The number of rotatable bonds is 2. The molecule has 0 aromatic carbocycles. The van der Waals surface area contributed by atoms with Gasteiger partial charge in [0.25, 0.3) is 5.91 Å². The molecule has 0 radical (unpaired) electrons. The largest absolute Gasteiger partial charge is 0.368 e. The summed E-state index contributed by atoms with van der Waals surface area (Å²) in [6.45, 7) is 3.63. The average Bonchev–Trinajstić information content (AvgIpc) is 3.25. The summed E-state index contributed by atoms with van der Waals surface area (Å²) < 4.78 is 7.25. The van der Waals surface area contributed by atoms with Gasteiger partial charge in [-0.2, -0.15) is 5.10 Å². The first-order chi connectivity index (χ1) is 11.2. The van der Waals surface area contributed by atoms with Crippen LogP contribution in [0.25, 0.3) is 11.0 Å². The molecule has 2 aromatic rings. The Morgan fingerprint density at radius 2 is 2.09 bits per heavy atom. The molecule has 0 saturated carbocycles. The molecule has 1 atom stereocenters. The lowest BCUT2D eigenvalue weighted by Crippen LogP contribution is -2.51. The lowest BCUT2D eigenvalue weighted by Gasteiger charge is -2.36. The van der Waals surface area contributed by atoms with Crippen molar-refractivity contribution in [1.29, 1.82) is 0 Å². The molecule has 23 heavy (non-hydrogen) atoms. The summed E-state index contributed by atoms with van der Waals surface area (Å²) in [5.41, 5.74) is 0.827. The highest BCUT2D eigenvalue weighted by Crippen LogP contribution is 2.24. The number of hydrogen-bond donors (Lipinski definition) is 0. The van der Waals surface area contributed by atoms with Crippen LogP contribution in [0, 0.1) is 0 Å². The van der Waals surface area contributed by atoms with E-state index < -0.39 is 0 Å². The van der Waals surface area contributed by atoms with E-state index in [0.717, 1.165) is 42.8 Å². The van der Waals surface area contributed by atoms with Crippen LogP contribution in [0.5, 0.6) is 0 Å². The number of piperazine rings is 1. The smallest absolute Gasteiger partial charge is 0.251 e. The Morgan fingerprint density at radius 1 is 1.26 bits per heavy atom. The SMILES string of the molecule is Cn1ncc2c(N3CCN(C(=O)C4CCCO4)CC3)ncnc21. The van der Waals surface area contributed by atoms with E-state index >= 15 is 0 Å². The van der Waals surface area contributed by atoms with Crippen molar-refractivity contribution in [2.45, 2.75) is 18.9 Å². The van der Waals surface area contributed by atoms with Crippen LogP contribution in [-0.4, -0.2) is 69.4 Å². The highest BCUT2D eigenvalue weighted by molar-refractivity contribution is 5.87. The second kappa shape index (κ2) is 5.77. The van der Waals surface area contributed by atoms with Gasteiger partial charge in [0.05, 0.1) is 11.6 Å². The molecule has 2 fully saturated rings. The highest BCUT2D eigenvalue weighted by Gasteiger charge is 2.31. The Labute approximate surface area is 134 Å². The number of ether oxygens (including phenoxy) is 1. The summed E-state index contributed by atoms with van der Waals surface area (Å²) in [7, 11) is 1.87. The lowest BCUT2D eigenvalue weighted by molar-refractivity contribution is -0.141. The number of hydrogen-bond acceptors (Lipinski definition) is 6. The summed E-state index contributed by atoms with van der Waals surface area (Å²) in [6.07, 6.45) is 4.97. The first kappa shape index (κ1) is 14.4. The Kier molecular flexibility index (Phi) is 3.60. The van der Waals surface area contributed by atoms with E-state index in [9.17, 15) is 4.79 Å². The molecule has 0 spiro atoms. The van der Waals surface area contributed by atoms with E-state index in [2.05, 4.69) is 20.0 Å². The molecule has 1 amide bonds. The number of carbonyl (C=O) groups is 1. The van der Waals surface area contributed by atoms with Crippen LogP contribution >= 0.6 is 0 Å². The minimum Gasteiger partial charge on any atom is -0.368 e. The van der Waals surface area contributed by atoms with Crippen LogP contribution < -0.4 is 4.90 Å². The Balaban J connectivity index is 1.47. The van der Waals surface area contributed by atoms with Gasteiger partial charge in [-0.25, -0.2) is 9.97 Å². The number of amides is 1. The van der Waals surface area contributed by atoms with E-state index in [0.29, 0.717) is 19.7 Å². The number of nitrogens with zero attached hydrogens (tertiary/aromatic N) is 6. The van der Waals surface area contributed by atoms with Crippen LogP contribution in [0.2, 0.25) is 0 Å². The van der Waals surface area contributed by atoms with Crippen molar-refractivity contribution in [3.8, 4) is 0 Å². The van der Waals surface area contributed by atoms with E-state index in [-0.39, 0.29) is 12.0 Å². The van der Waals surface area contributed by atoms with Gasteiger partial charge in [-0.15, -0.1) is 0 Å². The third-order valence-electron chi connectivity index (χ3n) is 4.60. The van der Waals surface area contributed by atoms with Gasteiger partial charge in [-0.1, -0.05) is 0 Å². The lowest BCUT2D eigenvalue weighted by atomic mass is 10.2. The molecule has 0 N–H and O–H groups in total. The number of aromatic nitrogens is 4. The molecular formula is C15H20N6O2. The molecule has 2 aromatic heterocycles. The number of carbonyl (C=O) groups excluding carboxylic acids is 1. The minimum absolute atomic E-state index is 0.136. The predicted octanol–water partition coefficient (Wildman–Crippen LogP) is 0.191. The van der Waals surface area contributed by atoms with Crippen LogP contribution in [-0.2, 0) is 16.6 Å². The highest BCUT2D eigenvalue weighted by atomic mass is 16.5. The maximum Gasteiger partial charge on any atom is 0.251 e. The van der Waals surface area contributed by atoms with Crippen molar-refractivity contribution < 1.29 is 9.53 Å². The predicted molar refractivity (Wildman–Crippen MR) is 84.1 cm³/mol. The maximum atomic E-state index is 12.4. The van der Waals surface area contributed by atoms with E-state index in [4.69, 9.17) is 4.74 Å². The summed E-state index contributed by atoms with van der Waals surface area (Å²) in [6, 6.07) is 0. The van der Waals surface area contributed by atoms with Crippen molar-refractivity contribution in [2.24, 2.45) is 7.05 Å². The van der Waals surface area contributed by atoms with Crippen molar-refractivity contribution in [3.63, 3.8) is 0 Å². The van der Waals surface area contributed by atoms with Gasteiger partial charge in [0.1, 0.15) is 18.2 Å². The average molecular weight is 316 g/mol. The molecule has 0 aliphatic carbocycles. The standard InChI is InChI=1S/C15H20N6O2/c1-19-13-11(9-18-19)14(17-10-16-13)20-4-6-21(7-5-20)15(22)12-3-2-8-23-12/h9-10,12H,2-8H2,1H3. The Hall–Kier alpha value is -2.22. The molecule has 8 heteroatoms. The first-order valence-electron chi connectivity index (χ1n) is 8.02. The maximum absolute atomic E-state index is 12.4. The van der Waals surface area contributed by atoms with E-state index in [1.807, 2.05) is 11.9 Å². The molecule has 8 nitrogen and oxygen atoms in total. The van der Waals surface area contributed by atoms with Gasteiger partial charge in [0, 0.05) is 39.8 Å². The monoisotopic (exact) mass is 316 g/mol. The Morgan fingerprint density at radius 3 is 2.83 bits per heavy atom. The van der Waals surface area contributed by atoms with Gasteiger partial charge >= 0.3 is 0 Å². The molecule has 0 bridgehead atoms. The van der Waals surface area contributed by atoms with Crippen molar-refractivity contribution >= 4 is 22.8 Å². The third kappa shape index (κ3) is 2.52. The number of fused-ring (bicyclic) bond motifs is 1. The summed E-state index contributed by atoms with van der Waals surface area (Å²) in [5.74, 6) is 1.03. The van der Waals surface area contributed by atoms with Crippen molar-refractivity contribution in [3.05, 3.63) is 12.5 Å². The molecule has 1 unspecified atom stereocenters. The summed E-state index contributed by atoms with van der Waals surface area (Å²) >= 11 is 0. The van der Waals surface area contributed by atoms with E-state index in [1.54, 1.807) is 17.2 Å². The molecule has 4 heterocycles. The number of anilines is 1. The molecule has 122 valence electrons. The van der Waals surface area contributed by atoms with Gasteiger partial charge in [0.2, 0.25) is 0 Å². The second-order valence-electron chi connectivity index (χ2n) is 6.02. The molecule has 2 aliphatic heterocycles. The third-order valence-corrected chi connectivity index (χ3v) is 4.60.